The number of hydrogen-bond donors (Lipinski definition) is 2. The van der Waals surface area contributed by atoms with Crippen LogP contribution in [0.5, 0.6) is 0 Å². The van der Waals surface area contributed by atoms with E-state index in [9.17, 15) is 4.39 Å². The Balaban J connectivity index is 2.10. The molecule has 3 aromatic rings. The molecule has 0 spiro atoms. The fourth-order valence-corrected chi connectivity index (χ4v) is 2.82. The Morgan fingerprint density at radius 3 is 2.80 bits per heavy atom. The number of rotatable bonds is 2. The Bertz CT molecular complexity index is 804. The van der Waals surface area contributed by atoms with Gasteiger partial charge < -0.3 is 11.5 Å². The first kappa shape index (κ1) is 13.0. The van der Waals surface area contributed by atoms with Gasteiger partial charge in [0, 0.05) is 6.20 Å². The molecule has 0 atom stereocenters. The van der Waals surface area contributed by atoms with Crippen molar-refractivity contribution in [2.24, 2.45) is 0 Å². The molecule has 5 nitrogen and oxygen atoms in total. The maximum absolute atomic E-state index is 14.1. The minimum atomic E-state index is -0.651. The lowest BCUT2D eigenvalue weighted by molar-refractivity contribution is 0.604. The Labute approximate surface area is 122 Å². The minimum Gasteiger partial charge on any atom is -0.398 e. The predicted octanol–water partition coefficient (Wildman–Crippen LogP) is 2.84. The number of fused-ring (bicyclic) bond motifs is 1. The summed E-state index contributed by atoms with van der Waals surface area (Å²) in [7, 11) is 0. The smallest absolute Gasteiger partial charge is 0.200 e. The van der Waals surface area contributed by atoms with E-state index in [1.807, 2.05) is 12.1 Å². The molecule has 1 aromatic carbocycles. The second-order valence-corrected chi connectivity index (χ2v) is 5.38. The molecule has 0 radical (unpaired) electrons. The Morgan fingerprint density at radius 1 is 1.20 bits per heavy atom. The van der Waals surface area contributed by atoms with E-state index in [4.69, 9.17) is 23.1 Å². The first-order chi connectivity index (χ1) is 9.58. The van der Waals surface area contributed by atoms with Gasteiger partial charge in [-0.3, -0.25) is 4.40 Å². The molecule has 0 saturated heterocycles. The maximum atomic E-state index is 14.1. The molecule has 0 unspecified atom stereocenters. The van der Waals surface area contributed by atoms with Crippen LogP contribution in [0.2, 0.25) is 5.02 Å². The molecule has 0 aliphatic rings. The van der Waals surface area contributed by atoms with Crippen LogP contribution in [0.3, 0.4) is 0 Å². The molecular formula is C12H9ClFN5S. The fraction of sp³-hybridized carbons (Fsp3) is 0. The molecule has 0 aliphatic heterocycles. The third kappa shape index (κ3) is 2.04. The van der Waals surface area contributed by atoms with E-state index in [-0.39, 0.29) is 21.3 Å². The summed E-state index contributed by atoms with van der Waals surface area (Å²) < 4.78 is 15.9. The monoisotopic (exact) mass is 309 g/mol. The largest absolute Gasteiger partial charge is 0.398 e. The molecule has 4 N–H and O–H groups in total. The van der Waals surface area contributed by atoms with E-state index < -0.39 is 5.82 Å². The molecule has 0 saturated carbocycles. The molecule has 20 heavy (non-hydrogen) atoms. The topological polar surface area (TPSA) is 82.2 Å². The SMILES string of the molecule is Nc1cc(N)c(Sc2nnc3ccccn23)c(F)c1Cl. The van der Waals surface area contributed by atoms with Crippen LogP contribution in [-0.4, -0.2) is 14.6 Å². The summed E-state index contributed by atoms with van der Waals surface area (Å²) in [6.07, 6.45) is 1.78. The Morgan fingerprint density at radius 2 is 2.00 bits per heavy atom. The van der Waals surface area contributed by atoms with Gasteiger partial charge in [0.2, 0.25) is 5.16 Å². The summed E-state index contributed by atoms with van der Waals surface area (Å²) >= 11 is 6.85. The van der Waals surface area contributed by atoms with E-state index in [0.717, 1.165) is 11.8 Å². The van der Waals surface area contributed by atoms with Crippen LogP contribution in [0.15, 0.2) is 40.5 Å². The molecule has 2 aromatic heterocycles. The molecule has 0 amide bonds. The number of aromatic nitrogens is 3. The highest BCUT2D eigenvalue weighted by Crippen LogP contribution is 2.39. The number of halogens is 2. The molecule has 0 bridgehead atoms. The van der Waals surface area contributed by atoms with Crippen molar-refractivity contribution in [2.45, 2.75) is 10.1 Å². The first-order valence-electron chi connectivity index (χ1n) is 5.58. The standard InChI is InChI=1S/C12H9ClFN5S/c13-9-6(15)5-7(16)11(10(9)14)20-12-18-17-8-3-1-2-4-19(8)12/h1-5H,15-16H2. The molecule has 8 heteroatoms. The zero-order valence-electron chi connectivity index (χ0n) is 10.0. The Hall–Kier alpha value is -1.99. The molecule has 0 fully saturated rings. The van der Waals surface area contributed by atoms with Crippen molar-refractivity contribution in [2.75, 3.05) is 11.5 Å². The van der Waals surface area contributed by atoms with Gasteiger partial charge in [-0.1, -0.05) is 17.7 Å². The lowest BCUT2D eigenvalue weighted by Crippen LogP contribution is -1.98. The van der Waals surface area contributed by atoms with Gasteiger partial charge in [0.1, 0.15) is 5.02 Å². The highest BCUT2D eigenvalue weighted by atomic mass is 35.5. The second kappa shape index (κ2) is 4.84. The van der Waals surface area contributed by atoms with E-state index >= 15 is 0 Å². The summed E-state index contributed by atoms with van der Waals surface area (Å²) in [5, 5.41) is 8.34. The quantitative estimate of drug-likeness (QED) is 0.711. The van der Waals surface area contributed by atoms with Crippen molar-refractivity contribution in [3.8, 4) is 0 Å². The number of pyridine rings is 1. The first-order valence-corrected chi connectivity index (χ1v) is 6.78. The van der Waals surface area contributed by atoms with Gasteiger partial charge in [-0.05, 0) is 30.0 Å². The fourth-order valence-electron chi connectivity index (χ4n) is 1.73. The summed E-state index contributed by atoms with van der Waals surface area (Å²) in [4.78, 5) is 0.183. The minimum absolute atomic E-state index is 0.108. The van der Waals surface area contributed by atoms with Crippen LogP contribution in [-0.2, 0) is 0 Å². The van der Waals surface area contributed by atoms with Gasteiger partial charge in [-0.2, -0.15) is 0 Å². The normalized spacial score (nSPS) is 11.1. The summed E-state index contributed by atoms with van der Waals surface area (Å²) in [6, 6.07) is 6.90. The average molecular weight is 310 g/mol. The highest BCUT2D eigenvalue weighted by molar-refractivity contribution is 7.99. The van der Waals surface area contributed by atoms with E-state index in [0.29, 0.717) is 10.8 Å². The van der Waals surface area contributed by atoms with Crippen LogP contribution in [0.4, 0.5) is 15.8 Å². The number of hydrogen-bond acceptors (Lipinski definition) is 5. The number of nitrogen functional groups attached to an aromatic ring is 2. The third-order valence-electron chi connectivity index (χ3n) is 2.69. The van der Waals surface area contributed by atoms with Crippen LogP contribution in [0, 0.1) is 5.82 Å². The van der Waals surface area contributed by atoms with Crippen molar-refractivity contribution in [3.05, 3.63) is 41.3 Å². The number of nitrogens with two attached hydrogens (primary N) is 2. The van der Waals surface area contributed by atoms with Gasteiger partial charge in [0.05, 0.1) is 16.3 Å². The molecule has 0 aliphatic carbocycles. The second-order valence-electron chi connectivity index (χ2n) is 4.03. The number of benzene rings is 1. The van der Waals surface area contributed by atoms with Crippen molar-refractivity contribution < 1.29 is 4.39 Å². The highest BCUT2D eigenvalue weighted by Gasteiger charge is 2.18. The van der Waals surface area contributed by atoms with Gasteiger partial charge in [-0.25, -0.2) is 4.39 Å². The van der Waals surface area contributed by atoms with Crippen LogP contribution in [0.25, 0.3) is 5.65 Å². The summed E-state index contributed by atoms with van der Waals surface area (Å²) in [5.74, 6) is -0.651. The number of anilines is 2. The van der Waals surface area contributed by atoms with Crippen molar-refractivity contribution in [1.29, 1.82) is 0 Å². The van der Waals surface area contributed by atoms with Crippen molar-refractivity contribution in [1.82, 2.24) is 14.6 Å². The average Bonchev–Trinajstić information content (AvgIpc) is 2.84. The van der Waals surface area contributed by atoms with E-state index in [1.54, 1.807) is 16.7 Å². The van der Waals surface area contributed by atoms with Crippen molar-refractivity contribution >= 4 is 40.4 Å². The lowest BCUT2D eigenvalue weighted by Gasteiger charge is -2.09. The molecule has 3 rings (SSSR count). The van der Waals surface area contributed by atoms with Gasteiger partial charge in [-0.15, -0.1) is 10.2 Å². The lowest BCUT2D eigenvalue weighted by atomic mass is 10.3. The number of nitrogens with zero attached hydrogens (tertiary/aromatic N) is 3. The van der Waals surface area contributed by atoms with Crippen LogP contribution < -0.4 is 11.5 Å². The van der Waals surface area contributed by atoms with Crippen molar-refractivity contribution in [3.63, 3.8) is 0 Å². The molecular weight excluding hydrogens is 301 g/mol. The maximum Gasteiger partial charge on any atom is 0.200 e. The van der Waals surface area contributed by atoms with Crippen LogP contribution >= 0.6 is 23.4 Å². The third-order valence-corrected chi connectivity index (χ3v) is 4.16. The summed E-state index contributed by atoms with van der Waals surface area (Å²) in [5.41, 5.74) is 12.3. The summed E-state index contributed by atoms with van der Waals surface area (Å²) in [6.45, 7) is 0. The van der Waals surface area contributed by atoms with Gasteiger partial charge in [0.25, 0.3) is 0 Å². The van der Waals surface area contributed by atoms with Crippen LogP contribution in [0.1, 0.15) is 0 Å². The molecule has 2 heterocycles. The van der Waals surface area contributed by atoms with E-state index in [1.165, 1.54) is 6.07 Å². The Kier molecular flexibility index (Phi) is 3.15. The van der Waals surface area contributed by atoms with Gasteiger partial charge in [0.15, 0.2) is 11.5 Å². The predicted molar refractivity (Wildman–Crippen MR) is 77.3 cm³/mol. The van der Waals surface area contributed by atoms with Gasteiger partial charge >= 0.3 is 0 Å². The molecule has 102 valence electrons. The zero-order valence-corrected chi connectivity index (χ0v) is 11.6. The van der Waals surface area contributed by atoms with E-state index in [2.05, 4.69) is 10.2 Å². The zero-order chi connectivity index (χ0) is 14.3.